The summed E-state index contributed by atoms with van der Waals surface area (Å²) in [5, 5.41) is 6.37. The van der Waals surface area contributed by atoms with Gasteiger partial charge in [0, 0.05) is 24.3 Å². The van der Waals surface area contributed by atoms with Gasteiger partial charge in [-0.25, -0.2) is 5.01 Å². The monoisotopic (exact) mass is 398 g/mol. The number of hydrogen-bond acceptors (Lipinski definition) is 2. The molecule has 3 nitrogen and oxygen atoms in total. The Morgan fingerprint density at radius 2 is 1.63 bits per heavy atom. The number of hydrogen-bond donors (Lipinski definition) is 0. The standard InChI is InChI=1S/C18H17N2O.C5H5.Fe/c1-12(21)20-18(14-7-2-3-8-14)16-11-10-13-6-4-5-9-15(13)17(16)19-20;1-2-4-5-3-1;/h2-9,16,18H,10-11H2,1H3;1-5H;/q;;+2/t16-,18-;;/m1../s1. The summed E-state index contributed by atoms with van der Waals surface area (Å²) >= 11 is 0. The third-order valence-electron chi connectivity index (χ3n) is 5.14. The Morgan fingerprint density at radius 3 is 2.26 bits per heavy atom. The average molecular weight is 398 g/mol. The van der Waals surface area contributed by atoms with Gasteiger partial charge in [0.2, 0.25) is 5.91 Å². The first-order valence-corrected chi connectivity index (χ1v) is 9.10. The van der Waals surface area contributed by atoms with E-state index in [4.69, 9.17) is 0 Å². The average Bonchev–Trinajstić information content (AvgIpc) is 3.42. The van der Waals surface area contributed by atoms with Crippen LogP contribution in [-0.2, 0) is 28.3 Å². The second-order valence-corrected chi connectivity index (χ2v) is 6.78. The first kappa shape index (κ1) is 20.6. The van der Waals surface area contributed by atoms with E-state index in [0.29, 0.717) is 5.92 Å². The minimum absolute atomic E-state index is 0. The summed E-state index contributed by atoms with van der Waals surface area (Å²) in [5.74, 6) is 1.51. The van der Waals surface area contributed by atoms with Crippen LogP contribution in [0.5, 0.6) is 0 Å². The van der Waals surface area contributed by atoms with Crippen molar-refractivity contribution in [1.29, 1.82) is 0 Å². The van der Waals surface area contributed by atoms with Gasteiger partial charge in [-0.1, -0.05) is 24.3 Å². The molecule has 0 aromatic heterocycles. The Morgan fingerprint density at radius 1 is 1.00 bits per heavy atom. The van der Waals surface area contributed by atoms with Gasteiger partial charge in [-0.15, -0.1) is 0 Å². The molecular weight excluding hydrogens is 376 g/mol. The van der Waals surface area contributed by atoms with Gasteiger partial charge in [0.15, 0.2) is 0 Å². The molecule has 1 heterocycles. The molecule has 1 amide bonds. The minimum Gasteiger partial charge on any atom is -0.273 e. The third-order valence-corrected chi connectivity index (χ3v) is 5.14. The normalized spacial score (nSPS) is 26.4. The number of hydrazone groups is 1. The molecule has 0 spiro atoms. The van der Waals surface area contributed by atoms with Gasteiger partial charge < -0.3 is 0 Å². The number of nitrogens with zero attached hydrogens (tertiary/aromatic N) is 2. The van der Waals surface area contributed by atoms with Crippen molar-refractivity contribution < 1.29 is 21.9 Å². The molecule has 0 N–H and O–H groups in total. The number of carbonyl (C=O) groups is 1. The number of amides is 1. The number of rotatable bonds is 1. The molecule has 0 saturated heterocycles. The molecule has 27 heavy (non-hydrogen) atoms. The molecule has 1 aliphatic heterocycles. The van der Waals surface area contributed by atoms with E-state index in [0.717, 1.165) is 18.6 Å². The molecule has 3 aliphatic carbocycles. The molecule has 136 valence electrons. The maximum Gasteiger partial charge on any atom is 2.00 e. The van der Waals surface area contributed by atoms with Crippen LogP contribution in [0.3, 0.4) is 0 Å². The molecule has 2 fully saturated rings. The quantitative estimate of drug-likeness (QED) is 0.666. The fraction of sp³-hybridized carbons (Fsp3) is 0.217. The van der Waals surface area contributed by atoms with Crippen LogP contribution in [-0.4, -0.2) is 22.7 Å². The Hall–Kier alpha value is -1.12. The largest absolute Gasteiger partial charge is 2.00 e. The van der Waals surface area contributed by atoms with Crippen LogP contribution < -0.4 is 0 Å². The molecule has 10 radical (unpaired) electrons. The first-order chi connectivity index (χ1) is 12.8. The number of benzene rings is 1. The van der Waals surface area contributed by atoms with Crippen molar-refractivity contribution in [3.05, 3.63) is 99.1 Å². The topological polar surface area (TPSA) is 32.7 Å². The van der Waals surface area contributed by atoms with E-state index in [1.54, 1.807) is 11.9 Å². The maximum atomic E-state index is 12.0. The zero-order valence-electron chi connectivity index (χ0n) is 15.2. The Labute approximate surface area is 174 Å². The minimum atomic E-state index is 0. The molecule has 0 bridgehead atoms. The van der Waals surface area contributed by atoms with E-state index in [-0.39, 0.29) is 29.0 Å². The number of carbonyl (C=O) groups excluding carboxylic acids is 1. The van der Waals surface area contributed by atoms with Crippen molar-refractivity contribution in [1.82, 2.24) is 5.01 Å². The van der Waals surface area contributed by atoms with E-state index in [9.17, 15) is 4.79 Å². The zero-order chi connectivity index (χ0) is 17.9. The van der Waals surface area contributed by atoms with Crippen molar-refractivity contribution in [2.24, 2.45) is 11.0 Å². The third kappa shape index (κ3) is 4.32. The van der Waals surface area contributed by atoms with Crippen molar-refractivity contribution in [2.45, 2.75) is 25.8 Å². The van der Waals surface area contributed by atoms with E-state index in [1.165, 1.54) is 17.0 Å². The summed E-state index contributed by atoms with van der Waals surface area (Å²) in [4.78, 5) is 12.0. The van der Waals surface area contributed by atoms with Crippen LogP contribution in [0.25, 0.3) is 0 Å². The van der Waals surface area contributed by atoms with Crippen molar-refractivity contribution >= 4 is 11.6 Å². The fourth-order valence-corrected chi connectivity index (χ4v) is 3.97. The second-order valence-electron chi connectivity index (χ2n) is 6.78. The van der Waals surface area contributed by atoms with E-state index >= 15 is 0 Å². The number of aryl methyl sites for hydroxylation is 1. The molecule has 1 aromatic rings. The fourth-order valence-electron chi connectivity index (χ4n) is 3.97. The van der Waals surface area contributed by atoms with Crippen molar-refractivity contribution in [3.8, 4) is 0 Å². The van der Waals surface area contributed by atoms with Gasteiger partial charge in [0.25, 0.3) is 0 Å². The Kier molecular flexibility index (Phi) is 7.16. The molecule has 2 atom stereocenters. The smallest absolute Gasteiger partial charge is 0.273 e. The molecule has 2 saturated carbocycles. The predicted molar refractivity (Wildman–Crippen MR) is 103 cm³/mol. The zero-order valence-corrected chi connectivity index (χ0v) is 16.3. The summed E-state index contributed by atoms with van der Waals surface area (Å²) in [6.07, 6.45) is 20.4. The summed E-state index contributed by atoms with van der Waals surface area (Å²) in [5.41, 5.74) is 3.64. The Balaban J connectivity index is 0.000000306. The van der Waals surface area contributed by atoms with Crippen LogP contribution in [0.1, 0.15) is 24.5 Å². The van der Waals surface area contributed by atoms with Crippen LogP contribution in [0, 0.1) is 69.6 Å². The van der Waals surface area contributed by atoms with Gasteiger partial charge in [-0.05, 0) is 76.2 Å². The van der Waals surface area contributed by atoms with Crippen molar-refractivity contribution in [2.75, 3.05) is 0 Å². The van der Waals surface area contributed by atoms with Gasteiger partial charge >= 0.3 is 17.1 Å². The van der Waals surface area contributed by atoms with Crippen molar-refractivity contribution in [3.63, 3.8) is 0 Å². The predicted octanol–water partition coefficient (Wildman–Crippen LogP) is 3.61. The van der Waals surface area contributed by atoms with Crippen LogP contribution >= 0.6 is 0 Å². The molecule has 5 rings (SSSR count). The molecular formula is C23H22FeN2O+2. The summed E-state index contributed by atoms with van der Waals surface area (Å²) in [6.45, 7) is 1.60. The van der Waals surface area contributed by atoms with Gasteiger partial charge in [-0.2, -0.15) is 5.10 Å². The Bertz CT molecular complexity index is 669. The molecule has 1 aromatic carbocycles. The first-order valence-electron chi connectivity index (χ1n) is 9.10. The molecule has 4 heteroatoms. The summed E-state index contributed by atoms with van der Waals surface area (Å²) in [7, 11) is 0. The second kappa shape index (κ2) is 9.39. The number of fused-ring (bicyclic) bond motifs is 3. The molecule has 4 aliphatic rings. The summed E-state index contributed by atoms with van der Waals surface area (Å²) in [6, 6.07) is 8.48. The maximum absolute atomic E-state index is 12.0. The van der Waals surface area contributed by atoms with Gasteiger partial charge in [0.1, 0.15) is 0 Å². The van der Waals surface area contributed by atoms with Crippen LogP contribution in [0.2, 0.25) is 0 Å². The van der Waals surface area contributed by atoms with Crippen LogP contribution in [0.4, 0.5) is 0 Å². The molecule has 0 unspecified atom stereocenters. The SMILES string of the molecule is CC(=O)N1N=C2c3ccccc3CC[C@H]2[C@H]1[C]1[CH][CH][CH][CH]1.[CH]1[CH][CH][CH][CH]1.[Fe+2]. The van der Waals surface area contributed by atoms with E-state index in [2.05, 4.69) is 42.2 Å². The van der Waals surface area contributed by atoms with Crippen LogP contribution in [0.15, 0.2) is 29.4 Å². The van der Waals surface area contributed by atoms with Gasteiger partial charge in [0.05, 0.1) is 11.8 Å². The van der Waals surface area contributed by atoms with E-state index in [1.807, 2.05) is 44.9 Å². The van der Waals surface area contributed by atoms with Gasteiger partial charge in [-0.3, -0.25) is 4.79 Å². The van der Waals surface area contributed by atoms with E-state index < -0.39 is 0 Å². The summed E-state index contributed by atoms with van der Waals surface area (Å²) < 4.78 is 0.